The summed E-state index contributed by atoms with van der Waals surface area (Å²) in [5.74, 6) is -5.56. The second kappa shape index (κ2) is 12.9. The molecule has 4 unspecified atom stereocenters. The van der Waals surface area contributed by atoms with Gasteiger partial charge in [0, 0.05) is 29.3 Å². The fourth-order valence-electron chi connectivity index (χ4n) is 3.41. The van der Waals surface area contributed by atoms with Crippen LogP contribution in [0, 0.1) is 5.92 Å². The molecule has 1 aromatic heterocycles. The van der Waals surface area contributed by atoms with Crippen LogP contribution < -0.4 is 21.7 Å². The molecule has 8 N–H and O–H groups in total. The Labute approximate surface area is 212 Å². The predicted molar refractivity (Wildman–Crippen MR) is 134 cm³/mol. The van der Waals surface area contributed by atoms with E-state index in [-0.39, 0.29) is 18.1 Å². The number of para-hydroxylation sites is 1. The maximum Gasteiger partial charge on any atom is 0.326 e. The molecule has 13 heteroatoms. The highest BCUT2D eigenvalue weighted by atomic mass is 32.1. The van der Waals surface area contributed by atoms with Crippen molar-refractivity contribution >= 4 is 53.2 Å². The van der Waals surface area contributed by atoms with Crippen LogP contribution in [0.25, 0.3) is 10.9 Å². The van der Waals surface area contributed by atoms with Crippen LogP contribution in [0.1, 0.15) is 25.8 Å². The van der Waals surface area contributed by atoms with Gasteiger partial charge >= 0.3 is 11.9 Å². The van der Waals surface area contributed by atoms with E-state index in [4.69, 9.17) is 5.73 Å². The van der Waals surface area contributed by atoms with E-state index in [1.807, 2.05) is 12.1 Å². The number of benzene rings is 1. The van der Waals surface area contributed by atoms with Gasteiger partial charge < -0.3 is 36.9 Å². The number of fused-ring (bicyclic) bond motifs is 1. The fourth-order valence-corrected chi connectivity index (χ4v) is 3.67. The largest absolute Gasteiger partial charge is 0.481 e. The topological polar surface area (TPSA) is 204 Å². The Balaban J connectivity index is 2.14. The number of carbonyl (C=O) groups is 5. The van der Waals surface area contributed by atoms with Crippen molar-refractivity contribution in [2.75, 3.05) is 5.75 Å². The Morgan fingerprint density at radius 3 is 2.11 bits per heavy atom. The molecule has 0 spiro atoms. The molecule has 2 aromatic rings. The number of rotatable bonds is 13. The van der Waals surface area contributed by atoms with Gasteiger partial charge in [0.1, 0.15) is 18.1 Å². The molecule has 12 nitrogen and oxygen atoms in total. The van der Waals surface area contributed by atoms with E-state index in [1.165, 1.54) is 0 Å². The highest BCUT2D eigenvalue weighted by Gasteiger charge is 2.31. The van der Waals surface area contributed by atoms with Gasteiger partial charge in [-0.2, -0.15) is 12.6 Å². The number of thiol groups is 1. The molecule has 0 bridgehead atoms. The third-order valence-corrected chi connectivity index (χ3v) is 5.93. The van der Waals surface area contributed by atoms with Crippen molar-refractivity contribution in [1.29, 1.82) is 0 Å². The lowest BCUT2D eigenvalue weighted by atomic mass is 10.0. The minimum Gasteiger partial charge on any atom is -0.481 e. The van der Waals surface area contributed by atoms with Gasteiger partial charge in [-0.15, -0.1) is 0 Å². The molecular formula is C23H31N5O7S. The van der Waals surface area contributed by atoms with Gasteiger partial charge in [0.25, 0.3) is 0 Å². The Morgan fingerprint density at radius 2 is 1.53 bits per heavy atom. The number of aromatic nitrogens is 1. The summed E-state index contributed by atoms with van der Waals surface area (Å²) in [4.78, 5) is 64.0. The highest BCUT2D eigenvalue weighted by Crippen LogP contribution is 2.19. The first-order chi connectivity index (χ1) is 16.9. The molecule has 1 aromatic carbocycles. The predicted octanol–water partition coefficient (Wildman–Crippen LogP) is -0.363. The summed E-state index contributed by atoms with van der Waals surface area (Å²) < 4.78 is 0. The van der Waals surface area contributed by atoms with Crippen molar-refractivity contribution in [3.05, 3.63) is 36.0 Å². The zero-order valence-electron chi connectivity index (χ0n) is 19.9. The number of H-pyrrole nitrogens is 1. The maximum atomic E-state index is 12.9. The summed E-state index contributed by atoms with van der Waals surface area (Å²) in [7, 11) is 0. The SMILES string of the molecule is CC(C)C(N)C(=O)NC(CS)C(=O)NC(CC(=O)O)C(=O)NC(Cc1c[nH]c2ccccc12)C(=O)O. The lowest BCUT2D eigenvalue weighted by Crippen LogP contribution is -2.58. The quantitative estimate of drug-likeness (QED) is 0.163. The van der Waals surface area contributed by atoms with Gasteiger partial charge in [0.05, 0.1) is 12.5 Å². The van der Waals surface area contributed by atoms with E-state index < -0.39 is 60.2 Å². The van der Waals surface area contributed by atoms with Crippen LogP contribution in [0.4, 0.5) is 0 Å². The number of carboxylic acids is 2. The van der Waals surface area contributed by atoms with E-state index in [9.17, 15) is 34.2 Å². The van der Waals surface area contributed by atoms with Gasteiger partial charge in [-0.25, -0.2) is 4.79 Å². The third kappa shape index (κ3) is 7.71. The van der Waals surface area contributed by atoms with Crippen LogP contribution in [-0.4, -0.2) is 74.8 Å². The average molecular weight is 522 g/mol. The highest BCUT2D eigenvalue weighted by molar-refractivity contribution is 7.80. The van der Waals surface area contributed by atoms with Crippen molar-refractivity contribution in [3.8, 4) is 0 Å². The molecule has 0 aliphatic rings. The monoisotopic (exact) mass is 521 g/mol. The molecule has 36 heavy (non-hydrogen) atoms. The maximum absolute atomic E-state index is 12.9. The number of aromatic amines is 1. The Kier molecular flexibility index (Phi) is 10.3. The van der Waals surface area contributed by atoms with Gasteiger partial charge in [0.2, 0.25) is 17.7 Å². The zero-order chi connectivity index (χ0) is 27.0. The molecule has 0 saturated heterocycles. The van der Waals surface area contributed by atoms with Crippen molar-refractivity contribution in [1.82, 2.24) is 20.9 Å². The van der Waals surface area contributed by atoms with E-state index in [0.29, 0.717) is 5.56 Å². The molecule has 4 atom stereocenters. The van der Waals surface area contributed by atoms with Crippen LogP contribution in [0.15, 0.2) is 30.5 Å². The summed E-state index contributed by atoms with van der Waals surface area (Å²) in [6.07, 6.45) is 0.738. The minimum atomic E-state index is -1.60. The molecule has 3 amide bonds. The number of nitrogens with two attached hydrogens (primary N) is 1. The fraction of sp³-hybridized carbons (Fsp3) is 0.435. The summed E-state index contributed by atoms with van der Waals surface area (Å²) in [6.45, 7) is 3.45. The minimum absolute atomic E-state index is 0.0821. The van der Waals surface area contributed by atoms with E-state index in [1.54, 1.807) is 32.2 Å². The number of hydrogen-bond donors (Lipinski definition) is 8. The second-order valence-electron chi connectivity index (χ2n) is 8.64. The molecule has 0 radical (unpaired) electrons. The summed E-state index contributed by atoms with van der Waals surface area (Å²) >= 11 is 4.04. The zero-order valence-corrected chi connectivity index (χ0v) is 20.7. The van der Waals surface area contributed by atoms with Crippen LogP contribution in [0.3, 0.4) is 0 Å². The van der Waals surface area contributed by atoms with Gasteiger partial charge in [-0.1, -0.05) is 32.0 Å². The average Bonchev–Trinajstić information content (AvgIpc) is 3.23. The number of nitrogens with one attached hydrogen (secondary N) is 4. The Bertz CT molecular complexity index is 1120. The van der Waals surface area contributed by atoms with E-state index >= 15 is 0 Å². The molecule has 0 aliphatic heterocycles. The van der Waals surface area contributed by atoms with E-state index in [0.717, 1.165) is 10.9 Å². The third-order valence-electron chi connectivity index (χ3n) is 5.56. The molecule has 196 valence electrons. The molecule has 2 rings (SSSR count). The Hall–Kier alpha value is -3.58. The summed E-state index contributed by atoms with van der Waals surface area (Å²) in [5, 5.41) is 26.7. The number of carbonyl (C=O) groups excluding carboxylic acids is 3. The first kappa shape index (κ1) is 28.7. The molecule has 0 saturated carbocycles. The number of carboxylic acid groups (broad SMARTS) is 2. The van der Waals surface area contributed by atoms with E-state index in [2.05, 4.69) is 33.6 Å². The molecule has 0 fully saturated rings. The Morgan fingerprint density at radius 1 is 0.944 bits per heavy atom. The first-order valence-corrected chi connectivity index (χ1v) is 11.8. The van der Waals surface area contributed by atoms with Crippen LogP contribution in [-0.2, 0) is 30.4 Å². The lowest BCUT2D eigenvalue weighted by molar-refractivity contribution is -0.143. The number of hydrogen-bond acceptors (Lipinski definition) is 7. The van der Waals surface area contributed by atoms with Crippen molar-refractivity contribution in [2.45, 2.75) is 50.9 Å². The van der Waals surface area contributed by atoms with Gasteiger partial charge in [-0.05, 0) is 17.5 Å². The van der Waals surface area contributed by atoms with Gasteiger partial charge in [-0.3, -0.25) is 19.2 Å². The normalized spacial score (nSPS) is 14.5. The van der Waals surface area contributed by atoms with Crippen LogP contribution in [0.5, 0.6) is 0 Å². The van der Waals surface area contributed by atoms with Gasteiger partial charge in [0.15, 0.2) is 0 Å². The van der Waals surface area contributed by atoms with Crippen molar-refractivity contribution in [2.24, 2.45) is 11.7 Å². The number of amides is 3. The standard InChI is InChI=1S/C23H31N5O7S/c1-11(2)19(24)22(33)28-17(10-36)21(32)26-15(8-18(29)30)20(31)27-16(23(34)35)7-12-9-25-14-6-4-3-5-13(12)14/h3-6,9,11,15-17,19,25,36H,7-8,10,24H2,1-2H3,(H,26,32)(H,27,31)(H,28,33)(H,29,30)(H,34,35). The number of aliphatic carboxylic acids is 2. The summed E-state index contributed by atoms with van der Waals surface area (Å²) in [5.41, 5.74) is 7.21. The summed E-state index contributed by atoms with van der Waals surface area (Å²) in [6, 6.07) is 2.14. The van der Waals surface area contributed by atoms with Crippen molar-refractivity contribution < 1.29 is 34.2 Å². The van der Waals surface area contributed by atoms with Crippen LogP contribution in [0.2, 0.25) is 0 Å². The molecular weight excluding hydrogens is 490 g/mol. The molecule has 1 heterocycles. The first-order valence-electron chi connectivity index (χ1n) is 11.2. The second-order valence-corrected chi connectivity index (χ2v) is 9.00. The van der Waals surface area contributed by atoms with Crippen LogP contribution >= 0.6 is 12.6 Å². The molecule has 0 aliphatic carbocycles. The van der Waals surface area contributed by atoms with Crippen molar-refractivity contribution in [3.63, 3.8) is 0 Å². The lowest BCUT2D eigenvalue weighted by Gasteiger charge is -2.24. The smallest absolute Gasteiger partial charge is 0.326 e.